The highest BCUT2D eigenvalue weighted by molar-refractivity contribution is 6.42. The van der Waals surface area contributed by atoms with Gasteiger partial charge in [-0.15, -0.1) is 0 Å². The number of nitrogens with one attached hydrogen (secondary N) is 2. The number of rotatable bonds is 5. The summed E-state index contributed by atoms with van der Waals surface area (Å²) in [6, 6.07) is 9.80. The Morgan fingerprint density at radius 2 is 1.73 bits per heavy atom. The number of nitrogens with zero attached hydrogens (tertiary/aromatic N) is 1. The van der Waals surface area contributed by atoms with Crippen molar-refractivity contribution in [1.82, 2.24) is 4.90 Å². The summed E-state index contributed by atoms with van der Waals surface area (Å²) >= 11 is 12.0. The molecule has 0 spiro atoms. The summed E-state index contributed by atoms with van der Waals surface area (Å²) in [7, 11) is 0. The van der Waals surface area contributed by atoms with Gasteiger partial charge in [0, 0.05) is 17.4 Å². The van der Waals surface area contributed by atoms with Gasteiger partial charge in [0.25, 0.3) is 0 Å². The highest BCUT2D eigenvalue weighted by atomic mass is 35.5. The first-order chi connectivity index (χ1) is 14.5. The lowest BCUT2D eigenvalue weighted by atomic mass is 10.0. The molecule has 1 saturated heterocycles. The van der Waals surface area contributed by atoms with Crippen molar-refractivity contribution < 1.29 is 19.1 Å². The standard InChI is InChI=1S/C21H21Cl2N3O4/c22-15-6-4-13(9-16(15)23)25-21(28)17-3-1-2-8-26(17)11-20(27)24-14-5-7-18-19(10-14)30-12-29-18/h4-7,9-10,17H,1-3,8,11-12H2,(H,24,27)(H,25,28). The number of amides is 2. The highest BCUT2D eigenvalue weighted by Gasteiger charge is 2.30. The van der Waals surface area contributed by atoms with Crippen LogP contribution in [0.5, 0.6) is 11.5 Å². The summed E-state index contributed by atoms with van der Waals surface area (Å²) in [6.07, 6.45) is 2.55. The van der Waals surface area contributed by atoms with Gasteiger partial charge in [0.2, 0.25) is 18.6 Å². The van der Waals surface area contributed by atoms with E-state index in [4.69, 9.17) is 32.7 Å². The van der Waals surface area contributed by atoms with Crippen molar-refractivity contribution in [2.45, 2.75) is 25.3 Å². The second-order valence-electron chi connectivity index (χ2n) is 7.22. The van der Waals surface area contributed by atoms with E-state index < -0.39 is 6.04 Å². The number of carbonyl (C=O) groups excluding carboxylic acids is 2. The molecule has 9 heteroatoms. The number of piperidine rings is 1. The molecule has 2 aliphatic rings. The fourth-order valence-corrected chi connectivity index (χ4v) is 3.93. The lowest BCUT2D eigenvalue weighted by Gasteiger charge is -2.34. The summed E-state index contributed by atoms with van der Waals surface area (Å²) < 4.78 is 10.6. The zero-order valence-corrected chi connectivity index (χ0v) is 17.6. The van der Waals surface area contributed by atoms with Crippen molar-refractivity contribution in [2.24, 2.45) is 0 Å². The first-order valence-electron chi connectivity index (χ1n) is 9.69. The molecular weight excluding hydrogens is 429 g/mol. The minimum atomic E-state index is -0.393. The molecule has 30 heavy (non-hydrogen) atoms. The van der Waals surface area contributed by atoms with Crippen molar-refractivity contribution in [3.05, 3.63) is 46.4 Å². The molecule has 7 nitrogen and oxygen atoms in total. The van der Waals surface area contributed by atoms with Crippen LogP contribution in [0.15, 0.2) is 36.4 Å². The molecule has 2 N–H and O–H groups in total. The Hall–Kier alpha value is -2.48. The van der Waals surface area contributed by atoms with Gasteiger partial charge in [-0.25, -0.2) is 0 Å². The normalized spacial score (nSPS) is 18.1. The molecule has 1 atom stereocenters. The first-order valence-corrected chi connectivity index (χ1v) is 10.4. The Bertz CT molecular complexity index is 969. The highest BCUT2D eigenvalue weighted by Crippen LogP contribution is 2.34. The summed E-state index contributed by atoms with van der Waals surface area (Å²) in [5.74, 6) is 0.903. The SMILES string of the molecule is O=C(CN1CCCCC1C(=O)Nc1ccc(Cl)c(Cl)c1)Nc1ccc2c(c1)OCO2. The van der Waals surface area contributed by atoms with Gasteiger partial charge in [-0.1, -0.05) is 29.6 Å². The lowest BCUT2D eigenvalue weighted by Crippen LogP contribution is -2.49. The molecule has 2 aliphatic heterocycles. The number of fused-ring (bicyclic) bond motifs is 1. The molecule has 4 rings (SSSR count). The van der Waals surface area contributed by atoms with Crippen LogP contribution in [-0.2, 0) is 9.59 Å². The molecule has 0 aromatic heterocycles. The fraction of sp³-hybridized carbons (Fsp3) is 0.333. The third kappa shape index (κ3) is 4.80. The summed E-state index contributed by atoms with van der Waals surface area (Å²) in [5.41, 5.74) is 1.20. The largest absolute Gasteiger partial charge is 0.454 e. The van der Waals surface area contributed by atoms with E-state index in [1.54, 1.807) is 36.4 Å². The molecule has 2 heterocycles. The molecule has 2 aromatic carbocycles. The van der Waals surface area contributed by atoms with Gasteiger partial charge in [0.1, 0.15) is 0 Å². The van der Waals surface area contributed by atoms with Gasteiger partial charge in [0.15, 0.2) is 11.5 Å². The van der Waals surface area contributed by atoms with Crippen LogP contribution in [0.2, 0.25) is 10.0 Å². The molecule has 0 radical (unpaired) electrons. The fourth-order valence-electron chi connectivity index (χ4n) is 3.64. The second-order valence-corrected chi connectivity index (χ2v) is 8.03. The molecule has 0 bridgehead atoms. The Kier molecular flexibility index (Phi) is 6.32. The summed E-state index contributed by atoms with van der Waals surface area (Å²) in [6.45, 7) is 0.970. The number of ether oxygens (including phenoxy) is 2. The van der Waals surface area contributed by atoms with Crippen molar-refractivity contribution in [1.29, 1.82) is 0 Å². The second kappa shape index (κ2) is 9.12. The monoisotopic (exact) mass is 449 g/mol. The maximum atomic E-state index is 12.9. The molecule has 158 valence electrons. The van der Waals surface area contributed by atoms with Gasteiger partial charge < -0.3 is 20.1 Å². The number of hydrogen-bond donors (Lipinski definition) is 2. The van der Waals surface area contributed by atoms with Gasteiger partial charge in [-0.2, -0.15) is 0 Å². The average molecular weight is 450 g/mol. The maximum Gasteiger partial charge on any atom is 0.241 e. The van der Waals surface area contributed by atoms with Gasteiger partial charge >= 0.3 is 0 Å². The Labute approximate surface area is 184 Å². The molecule has 0 aliphatic carbocycles. The zero-order valence-electron chi connectivity index (χ0n) is 16.1. The van der Waals surface area contributed by atoms with E-state index in [0.717, 1.165) is 12.8 Å². The third-order valence-electron chi connectivity index (χ3n) is 5.11. The van der Waals surface area contributed by atoms with E-state index in [0.29, 0.717) is 45.9 Å². The Balaban J connectivity index is 1.38. The third-order valence-corrected chi connectivity index (χ3v) is 5.85. The number of carbonyl (C=O) groups is 2. The summed E-state index contributed by atoms with van der Waals surface area (Å²) in [4.78, 5) is 27.4. The zero-order chi connectivity index (χ0) is 21.1. The summed E-state index contributed by atoms with van der Waals surface area (Å²) in [5, 5.41) is 6.54. The van der Waals surface area contributed by atoms with Crippen LogP contribution in [0.25, 0.3) is 0 Å². The van der Waals surface area contributed by atoms with Gasteiger partial charge in [-0.05, 0) is 49.7 Å². The van der Waals surface area contributed by atoms with Crippen LogP contribution in [0.4, 0.5) is 11.4 Å². The number of halogens is 2. The maximum absolute atomic E-state index is 12.9. The van der Waals surface area contributed by atoms with Crippen molar-refractivity contribution in [3.63, 3.8) is 0 Å². The molecule has 2 amide bonds. The van der Waals surface area contributed by atoms with E-state index in [-0.39, 0.29) is 25.2 Å². The number of likely N-dealkylation sites (tertiary alicyclic amines) is 1. The van der Waals surface area contributed by atoms with Crippen LogP contribution < -0.4 is 20.1 Å². The minimum Gasteiger partial charge on any atom is -0.454 e. The minimum absolute atomic E-state index is 0.119. The van der Waals surface area contributed by atoms with E-state index in [1.807, 2.05) is 4.90 Å². The first kappa shape index (κ1) is 20.8. The molecule has 2 aromatic rings. The topological polar surface area (TPSA) is 79.9 Å². The molecule has 1 unspecified atom stereocenters. The van der Waals surface area contributed by atoms with Crippen LogP contribution in [0, 0.1) is 0 Å². The number of benzene rings is 2. The quantitative estimate of drug-likeness (QED) is 0.716. The van der Waals surface area contributed by atoms with Gasteiger partial charge in [0.05, 0.1) is 22.6 Å². The van der Waals surface area contributed by atoms with E-state index in [1.165, 1.54) is 0 Å². The molecule has 0 saturated carbocycles. The molecule has 1 fully saturated rings. The Morgan fingerprint density at radius 1 is 0.967 bits per heavy atom. The predicted octanol–water partition coefficient (Wildman–Crippen LogP) is 4.15. The number of anilines is 2. The van der Waals surface area contributed by atoms with E-state index in [2.05, 4.69) is 10.6 Å². The Morgan fingerprint density at radius 3 is 2.57 bits per heavy atom. The van der Waals surface area contributed by atoms with E-state index in [9.17, 15) is 9.59 Å². The van der Waals surface area contributed by atoms with E-state index >= 15 is 0 Å². The van der Waals surface area contributed by atoms with Crippen molar-refractivity contribution in [3.8, 4) is 11.5 Å². The van der Waals surface area contributed by atoms with Crippen molar-refractivity contribution >= 4 is 46.4 Å². The lowest BCUT2D eigenvalue weighted by molar-refractivity contribution is -0.124. The predicted molar refractivity (Wildman–Crippen MR) is 115 cm³/mol. The van der Waals surface area contributed by atoms with Crippen LogP contribution in [0.3, 0.4) is 0 Å². The number of hydrogen-bond acceptors (Lipinski definition) is 5. The van der Waals surface area contributed by atoms with Gasteiger partial charge in [-0.3, -0.25) is 14.5 Å². The smallest absolute Gasteiger partial charge is 0.241 e. The van der Waals surface area contributed by atoms with Crippen LogP contribution >= 0.6 is 23.2 Å². The van der Waals surface area contributed by atoms with Crippen LogP contribution in [-0.4, -0.2) is 42.6 Å². The van der Waals surface area contributed by atoms with Crippen LogP contribution in [0.1, 0.15) is 19.3 Å². The average Bonchev–Trinajstić information content (AvgIpc) is 3.19. The molecular formula is C21H21Cl2N3O4. The van der Waals surface area contributed by atoms with Crippen molar-refractivity contribution in [2.75, 3.05) is 30.5 Å².